The Balaban J connectivity index is 2.15. The minimum atomic E-state index is 0.0263. The number of nitrogens with zero attached hydrogens (tertiary/aromatic N) is 2. The summed E-state index contributed by atoms with van der Waals surface area (Å²) in [5.74, 6) is 0. The molecule has 2 aromatic heterocycles. The van der Waals surface area contributed by atoms with E-state index in [4.69, 9.17) is 5.73 Å². The highest BCUT2D eigenvalue weighted by Crippen LogP contribution is 2.27. The fraction of sp³-hybridized carbons (Fsp3) is 0.333. The van der Waals surface area contributed by atoms with Crippen molar-refractivity contribution in [2.75, 3.05) is 0 Å². The van der Waals surface area contributed by atoms with Crippen LogP contribution in [0.2, 0.25) is 0 Å². The van der Waals surface area contributed by atoms with Gasteiger partial charge in [0.2, 0.25) is 0 Å². The van der Waals surface area contributed by atoms with Gasteiger partial charge < -0.3 is 5.73 Å². The second kappa shape index (κ2) is 6.17. The average molecular weight is 273 g/mol. The standard InChI is InChI=1S/C15H19N3S/c1-4-13(16)14-6-5-12(9-17-14)19-15-8-10(2)7-11(3)18-15/h5-9,13H,4,16H2,1-3H3/t13-/m0/s1. The van der Waals surface area contributed by atoms with Crippen LogP contribution in [0.5, 0.6) is 0 Å². The molecule has 100 valence electrons. The topological polar surface area (TPSA) is 51.8 Å². The Morgan fingerprint density at radius 1 is 1.26 bits per heavy atom. The fourth-order valence-corrected chi connectivity index (χ4v) is 2.78. The van der Waals surface area contributed by atoms with Crippen LogP contribution in [0.15, 0.2) is 40.4 Å². The Morgan fingerprint density at radius 3 is 2.63 bits per heavy atom. The Kier molecular flexibility index (Phi) is 4.56. The quantitative estimate of drug-likeness (QED) is 0.923. The molecule has 19 heavy (non-hydrogen) atoms. The zero-order valence-corrected chi connectivity index (χ0v) is 12.4. The predicted octanol–water partition coefficient (Wildman–Crippen LogP) is 3.65. The summed E-state index contributed by atoms with van der Waals surface area (Å²) >= 11 is 1.63. The van der Waals surface area contributed by atoms with Crippen molar-refractivity contribution in [3.05, 3.63) is 47.4 Å². The van der Waals surface area contributed by atoms with Crippen molar-refractivity contribution in [1.29, 1.82) is 0 Å². The molecule has 4 heteroatoms. The van der Waals surface area contributed by atoms with Crippen LogP contribution in [0.25, 0.3) is 0 Å². The highest BCUT2D eigenvalue weighted by Gasteiger charge is 2.06. The van der Waals surface area contributed by atoms with Gasteiger partial charge in [0.15, 0.2) is 0 Å². The molecule has 0 bridgehead atoms. The summed E-state index contributed by atoms with van der Waals surface area (Å²) in [4.78, 5) is 10.0. The first-order chi connectivity index (χ1) is 9.08. The van der Waals surface area contributed by atoms with Gasteiger partial charge in [0.25, 0.3) is 0 Å². The number of hydrogen-bond acceptors (Lipinski definition) is 4. The van der Waals surface area contributed by atoms with Gasteiger partial charge in [-0.1, -0.05) is 18.7 Å². The number of hydrogen-bond donors (Lipinski definition) is 1. The first kappa shape index (κ1) is 14.0. The van der Waals surface area contributed by atoms with E-state index in [-0.39, 0.29) is 6.04 Å². The van der Waals surface area contributed by atoms with Gasteiger partial charge in [0.1, 0.15) is 5.03 Å². The first-order valence-corrected chi connectivity index (χ1v) is 7.25. The van der Waals surface area contributed by atoms with E-state index >= 15 is 0 Å². The van der Waals surface area contributed by atoms with Crippen molar-refractivity contribution in [1.82, 2.24) is 9.97 Å². The third kappa shape index (κ3) is 3.78. The van der Waals surface area contributed by atoms with Crippen LogP contribution < -0.4 is 5.73 Å². The Morgan fingerprint density at radius 2 is 2.05 bits per heavy atom. The molecule has 2 N–H and O–H groups in total. The molecule has 2 heterocycles. The normalized spacial score (nSPS) is 12.4. The zero-order valence-electron chi connectivity index (χ0n) is 11.6. The van der Waals surface area contributed by atoms with Crippen LogP contribution in [-0.4, -0.2) is 9.97 Å². The van der Waals surface area contributed by atoms with Crippen molar-refractivity contribution in [3.8, 4) is 0 Å². The molecule has 0 aliphatic rings. The van der Waals surface area contributed by atoms with Gasteiger partial charge in [-0.3, -0.25) is 4.98 Å². The lowest BCUT2D eigenvalue weighted by Crippen LogP contribution is -2.10. The van der Waals surface area contributed by atoms with Crippen LogP contribution >= 0.6 is 11.8 Å². The van der Waals surface area contributed by atoms with Gasteiger partial charge in [0, 0.05) is 22.8 Å². The average Bonchev–Trinajstić information content (AvgIpc) is 2.37. The minimum absolute atomic E-state index is 0.0263. The van der Waals surface area contributed by atoms with Gasteiger partial charge in [-0.05, 0) is 50.1 Å². The van der Waals surface area contributed by atoms with Crippen molar-refractivity contribution in [2.24, 2.45) is 5.73 Å². The van der Waals surface area contributed by atoms with Gasteiger partial charge >= 0.3 is 0 Å². The van der Waals surface area contributed by atoms with E-state index in [1.165, 1.54) is 5.56 Å². The smallest absolute Gasteiger partial charge is 0.101 e. The van der Waals surface area contributed by atoms with E-state index in [0.29, 0.717) is 0 Å². The summed E-state index contributed by atoms with van der Waals surface area (Å²) in [6, 6.07) is 8.24. The summed E-state index contributed by atoms with van der Waals surface area (Å²) in [5.41, 5.74) is 9.17. The second-order valence-electron chi connectivity index (χ2n) is 4.66. The van der Waals surface area contributed by atoms with E-state index in [1.54, 1.807) is 11.8 Å². The monoisotopic (exact) mass is 273 g/mol. The van der Waals surface area contributed by atoms with Gasteiger partial charge in [-0.2, -0.15) is 0 Å². The lowest BCUT2D eigenvalue weighted by atomic mass is 10.1. The second-order valence-corrected chi connectivity index (χ2v) is 5.75. The molecule has 0 amide bonds. The molecule has 0 aliphatic carbocycles. The van der Waals surface area contributed by atoms with Crippen molar-refractivity contribution in [3.63, 3.8) is 0 Å². The molecule has 0 radical (unpaired) electrons. The number of aryl methyl sites for hydroxylation is 2. The predicted molar refractivity (Wildman–Crippen MR) is 79.3 cm³/mol. The van der Waals surface area contributed by atoms with E-state index < -0.39 is 0 Å². The van der Waals surface area contributed by atoms with Crippen LogP contribution in [0.1, 0.15) is 36.3 Å². The van der Waals surface area contributed by atoms with Crippen LogP contribution in [0, 0.1) is 13.8 Å². The molecule has 0 aromatic carbocycles. The third-order valence-electron chi connectivity index (χ3n) is 2.88. The molecule has 0 saturated carbocycles. The highest BCUT2D eigenvalue weighted by atomic mass is 32.2. The number of rotatable bonds is 4. The van der Waals surface area contributed by atoms with E-state index in [0.717, 1.165) is 27.7 Å². The van der Waals surface area contributed by atoms with Gasteiger partial charge in [0.05, 0.1) is 5.69 Å². The minimum Gasteiger partial charge on any atom is -0.323 e. The number of nitrogens with two attached hydrogens (primary N) is 1. The van der Waals surface area contributed by atoms with Crippen LogP contribution in [0.4, 0.5) is 0 Å². The Labute approximate surface area is 118 Å². The fourth-order valence-electron chi connectivity index (χ4n) is 1.86. The lowest BCUT2D eigenvalue weighted by Gasteiger charge is -2.08. The molecule has 0 fully saturated rings. The van der Waals surface area contributed by atoms with Crippen molar-refractivity contribution < 1.29 is 0 Å². The van der Waals surface area contributed by atoms with Crippen LogP contribution in [-0.2, 0) is 0 Å². The molecular formula is C15H19N3S. The van der Waals surface area contributed by atoms with Crippen LogP contribution in [0.3, 0.4) is 0 Å². The number of aromatic nitrogens is 2. The first-order valence-electron chi connectivity index (χ1n) is 6.43. The largest absolute Gasteiger partial charge is 0.323 e. The van der Waals surface area contributed by atoms with E-state index in [9.17, 15) is 0 Å². The maximum Gasteiger partial charge on any atom is 0.101 e. The van der Waals surface area contributed by atoms with E-state index in [2.05, 4.69) is 42.0 Å². The molecule has 3 nitrogen and oxygen atoms in total. The molecule has 2 aromatic rings. The molecule has 0 saturated heterocycles. The zero-order chi connectivity index (χ0) is 13.8. The Bertz CT molecular complexity index is 532. The molecule has 2 rings (SSSR count). The molecular weight excluding hydrogens is 254 g/mol. The molecule has 0 aliphatic heterocycles. The molecule has 0 unspecified atom stereocenters. The van der Waals surface area contributed by atoms with Crippen molar-refractivity contribution >= 4 is 11.8 Å². The summed E-state index contributed by atoms with van der Waals surface area (Å²) in [5, 5.41) is 1.01. The SMILES string of the molecule is CC[C@H](N)c1ccc(Sc2cc(C)cc(C)n2)cn1. The Hall–Kier alpha value is -1.39. The highest BCUT2D eigenvalue weighted by molar-refractivity contribution is 7.99. The molecule has 0 spiro atoms. The van der Waals surface area contributed by atoms with Gasteiger partial charge in [-0.15, -0.1) is 0 Å². The number of pyridine rings is 2. The maximum absolute atomic E-state index is 5.95. The summed E-state index contributed by atoms with van der Waals surface area (Å²) in [6.07, 6.45) is 2.77. The maximum atomic E-state index is 5.95. The molecule has 1 atom stereocenters. The van der Waals surface area contributed by atoms with Gasteiger partial charge in [-0.25, -0.2) is 4.98 Å². The summed E-state index contributed by atoms with van der Waals surface area (Å²) in [6.45, 7) is 6.16. The van der Waals surface area contributed by atoms with E-state index in [1.807, 2.05) is 19.2 Å². The third-order valence-corrected chi connectivity index (χ3v) is 3.77. The summed E-state index contributed by atoms with van der Waals surface area (Å²) < 4.78 is 0. The van der Waals surface area contributed by atoms with Crippen molar-refractivity contribution in [2.45, 2.75) is 43.2 Å². The lowest BCUT2D eigenvalue weighted by molar-refractivity contribution is 0.674. The summed E-state index contributed by atoms with van der Waals surface area (Å²) in [7, 11) is 0.